The lowest BCUT2D eigenvalue weighted by Gasteiger charge is -2.46. The molecule has 2 aromatic carbocycles. The monoisotopic (exact) mass is 487 g/mol. The molecule has 7 nitrogen and oxygen atoms in total. The van der Waals surface area contributed by atoms with Gasteiger partial charge in [-0.2, -0.15) is 0 Å². The molecule has 0 unspecified atom stereocenters. The van der Waals surface area contributed by atoms with Crippen molar-refractivity contribution in [3.63, 3.8) is 0 Å². The predicted octanol–water partition coefficient (Wildman–Crippen LogP) is 3.57. The number of rotatable bonds is 4. The third-order valence-electron chi connectivity index (χ3n) is 7.04. The summed E-state index contributed by atoms with van der Waals surface area (Å²) in [5.41, 5.74) is 4.00. The smallest absolute Gasteiger partial charge is 0.338 e. The van der Waals surface area contributed by atoms with Crippen molar-refractivity contribution in [2.45, 2.75) is 31.8 Å². The average Bonchev–Trinajstić information content (AvgIpc) is 3.20. The Kier molecular flexibility index (Phi) is 7.22. The highest BCUT2D eigenvalue weighted by atomic mass is 35.5. The number of cyclic esters (lactones) is 1. The molecule has 3 atom stereocenters. The first-order chi connectivity index (χ1) is 15.9. The number of benzene rings is 2. The van der Waals surface area contributed by atoms with Crippen LogP contribution >= 0.6 is 12.4 Å². The number of morpholine rings is 1. The Morgan fingerprint density at radius 3 is 2.85 bits per heavy atom. The Hall–Kier alpha value is -2.54. The lowest BCUT2D eigenvalue weighted by atomic mass is 9.95. The van der Waals surface area contributed by atoms with Crippen LogP contribution in [0.5, 0.6) is 0 Å². The van der Waals surface area contributed by atoms with Gasteiger partial charge in [0.25, 0.3) is 0 Å². The number of hydrogen-bond donors (Lipinski definition) is 1. The number of esters is 1. The summed E-state index contributed by atoms with van der Waals surface area (Å²) in [6, 6.07) is 8.47. The van der Waals surface area contributed by atoms with Crippen LogP contribution in [0, 0.1) is 19.3 Å². The van der Waals surface area contributed by atoms with E-state index in [-0.39, 0.29) is 42.8 Å². The quantitative estimate of drug-likeness (QED) is 0.525. The van der Waals surface area contributed by atoms with Gasteiger partial charge in [-0.25, -0.2) is 14.0 Å². The van der Waals surface area contributed by atoms with Crippen molar-refractivity contribution in [1.29, 1.82) is 0 Å². The minimum Gasteiger partial charge on any atom is -0.457 e. The molecule has 3 aliphatic heterocycles. The van der Waals surface area contributed by atoms with Gasteiger partial charge in [-0.3, -0.25) is 9.80 Å². The molecule has 0 saturated carbocycles. The van der Waals surface area contributed by atoms with Crippen LogP contribution in [-0.2, 0) is 16.1 Å². The highest BCUT2D eigenvalue weighted by Crippen LogP contribution is 2.32. The van der Waals surface area contributed by atoms with Gasteiger partial charge < -0.3 is 14.6 Å². The van der Waals surface area contributed by atoms with Crippen LogP contribution in [0.1, 0.15) is 44.8 Å². The van der Waals surface area contributed by atoms with Gasteiger partial charge in [-0.05, 0) is 35.7 Å². The minimum absolute atomic E-state index is 0. The third-order valence-corrected chi connectivity index (χ3v) is 7.04. The molecule has 0 amide bonds. The molecule has 2 saturated heterocycles. The molecule has 5 rings (SSSR count). The molecule has 3 aliphatic rings. The normalized spacial score (nSPS) is 23.3. The number of carbonyl (C=O) groups excluding carboxylic acids is 1. The zero-order valence-electron chi connectivity index (χ0n) is 18.9. The summed E-state index contributed by atoms with van der Waals surface area (Å²) < 4.78 is 25.2. The topological polar surface area (TPSA) is 66.6 Å². The summed E-state index contributed by atoms with van der Waals surface area (Å²) in [7, 11) is 0. The number of β-amino-alcohol motifs (C(OH)–C–C–N with tert-alkyl or cyclic N) is 1. The van der Waals surface area contributed by atoms with E-state index in [0.29, 0.717) is 25.3 Å². The van der Waals surface area contributed by atoms with Gasteiger partial charge >= 0.3 is 5.97 Å². The van der Waals surface area contributed by atoms with Gasteiger partial charge in [0, 0.05) is 44.3 Å². The summed E-state index contributed by atoms with van der Waals surface area (Å²) in [5, 5.41) is 10.9. The molecule has 0 aromatic heterocycles. The summed E-state index contributed by atoms with van der Waals surface area (Å²) >= 11 is 0. The van der Waals surface area contributed by atoms with Gasteiger partial charge in [0.2, 0.25) is 5.69 Å². The third kappa shape index (κ3) is 4.54. The first kappa shape index (κ1) is 24.6. The second-order valence-corrected chi connectivity index (χ2v) is 8.95. The van der Waals surface area contributed by atoms with Crippen molar-refractivity contribution in [3.05, 3.63) is 75.4 Å². The highest BCUT2D eigenvalue weighted by Gasteiger charge is 2.35. The first-order valence-electron chi connectivity index (χ1n) is 11.2. The van der Waals surface area contributed by atoms with Crippen molar-refractivity contribution >= 4 is 24.1 Å². The molecule has 2 aromatic rings. The maximum absolute atomic E-state index is 14.0. The molecule has 2 fully saturated rings. The zero-order chi connectivity index (χ0) is 23.1. The zero-order valence-corrected chi connectivity index (χ0v) is 19.7. The van der Waals surface area contributed by atoms with Crippen LogP contribution in [0.25, 0.3) is 4.85 Å². The van der Waals surface area contributed by atoms with Crippen molar-refractivity contribution in [2.75, 3.05) is 39.3 Å². The second-order valence-electron chi connectivity index (χ2n) is 8.95. The lowest BCUT2D eigenvalue weighted by Crippen LogP contribution is -2.58. The first-order valence-corrected chi connectivity index (χ1v) is 11.2. The van der Waals surface area contributed by atoms with Gasteiger partial charge in [0.1, 0.15) is 12.4 Å². The number of aliphatic hydroxyl groups is 1. The van der Waals surface area contributed by atoms with Gasteiger partial charge in [-0.1, -0.05) is 18.2 Å². The molecule has 9 heteroatoms. The van der Waals surface area contributed by atoms with Gasteiger partial charge in [0.05, 0.1) is 31.0 Å². The number of piperazine rings is 1. The summed E-state index contributed by atoms with van der Waals surface area (Å²) in [6.07, 6.45) is -0.870. The molecule has 180 valence electrons. The van der Waals surface area contributed by atoms with E-state index in [4.69, 9.17) is 16.0 Å². The number of carbonyl (C=O) groups is 1. The summed E-state index contributed by atoms with van der Waals surface area (Å²) in [6.45, 7) is 13.3. The Morgan fingerprint density at radius 2 is 2.09 bits per heavy atom. The van der Waals surface area contributed by atoms with Gasteiger partial charge in [0.15, 0.2) is 0 Å². The molecule has 0 spiro atoms. The Morgan fingerprint density at radius 1 is 1.26 bits per heavy atom. The Bertz CT molecular complexity index is 1140. The number of aliphatic hydroxyl groups excluding tert-OH is 1. The molecule has 3 heterocycles. The van der Waals surface area contributed by atoms with Crippen molar-refractivity contribution < 1.29 is 23.8 Å². The van der Waals surface area contributed by atoms with Gasteiger partial charge in [-0.15, -0.1) is 12.4 Å². The van der Waals surface area contributed by atoms with E-state index in [1.54, 1.807) is 12.1 Å². The predicted molar refractivity (Wildman–Crippen MR) is 126 cm³/mol. The van der Waals surface area contributed by atoms with E-state index in [0.717, 1.165) is 41.9 Å². The van der Waals surface area contributed by atoms with E-state index >= 15 is 0 Å². The summed E-state index contributed by atoms with van der Waals surface area (Å²) in [4.78, 5) is 19.6. The van der Waals surface area contributed by atoms with Crippen LogP contribution in [0.15, 0.2) is 30.3 Å². The molecule has 1 N–H and O–H groups in total. The van der Waals surface area contributed by atoms with Crippen LogP contribution in [0.3, 0.4) is 0 Å². The number of hydrogen-bond acceptors (Lipinski definition) is 6. The fourth-order valence-corrected chi connectivity index (χ4v) is 5.10. The van der Waals surface area contributed by atoms with Crippen LogP contribution in [0.4, 0.5) is 10.1 Å². The minimum atomic E-state index is -0.654. The lowest BCUT2D eigenvalue weighted by molar-refractivity contribution is -0.0938. The van der Waals surface area contributed by atoms with E-state index in [9.17, 15) is 14.3 Å². The van der Waals surface area contributed by atoms with E-state index in [2.05, 4.69) is 14.6 Å². The Labute approximate surface area is 204 Å². The average molecular weight is 488 g/mol. The molecular weight excluding hydrogens is 461 g/mol. The number of ether oxygens (including phenoxy) is 2. The standard InChI is InChI=1S/C25H26FN3O4.ClH/c1-15-18(4-5-19-20(15)14-33-25(19)31)23(30)11-28-7-8-29-12-24(32-13-17(29)10-28)16-3-6-22(27-2)21(26)9-16;/h3-6,9,17,23-24,30H,7-8,10-14H2,1H3;1H/t17-,23+,24+;/m1./s1. The molecule has 34 heavy (non-hydrogen) atoms. The summed E-state index contributed by atoms with van der Waals surface area (Å²) in [5.74, 6) is -0.809. The number of halogens is 2. The van der Waals surface area contributed by atoms with Crippen LogP contribution in [-0.4, -0.2) is 66.2 Å². The second kappa shape index (κ2) is 9.98. The SMILES string of the molecule is Cl.[C-]#[N+]c1ccc([C@@H]2CN3CCN(C[C@H](O)c4ccc5c(c4C)COC5=O)C[C@@H]3CO2)cc1F. The maximum atomic E-state index is 14.0. The van der Waals surface area contributed by atoms with E-state index in [1.807, 2.05) is 13.0 Å². The number of fused-ring (bicyclic) bond motifs is 2. The largest absolute Gasteiger partial charge is 0.457 e. The van der Waals surface area contributed by atoms with Crippen molar-refractivity contribution in [1.82, 2.24) is 9.80 Å². The van der Waals surface area contributed by atoms with E-state index in [1.165, 1.54) is 12.1 Å². The fraction of sp³-hybridized carbons (Fsp3) is 0.440. The van der Waals surface area contributed by atoms with Crippen molar-refractivity contribution in [3.8, 4) is 0 Å². The maximum Gasteiger partial charge on any atom is 0.338 e. The fourth-order valence-electron chi connectivity index (χ4n) is 5.10. The van der Waals surface area contributed by atoms with Crippen LogP contribution < -0.4 is 0 Å². The van der Waals surface area contributed by atoms with E-state index < -0.39 is 11.9 Å². The molecule has 0 bridgehead atoms. The molecular formula is C25H27ClFN3O4. The Balaban J connectivity index is 0.00000274. The molecule has 0 radical (unpaired) electrons. The van der Waals surface area contributed by atoms with Crippen molar-refractivity contribution in [2.24, 2.45) is 0 Å². The number of nitrogens with zero attached hydrogens (tertiary/aromatic N) is 3. The van der Waals surface area contributed by atoms with Crippen LogP contribution in [0.2, 0.25) is 0 Å². The molecule has 0 aliphatic carbocycles. The highest BCUT2D eigenvalue weighted by molar-refractivity contribution is 5.93.